The van der Waals surface area contributed by atoms with Crippen molar-refractivity contribution < 1.29 is 0 Å². The summed E-state index contributed by atoms with van der Waals surface area (Å²) < 4.78 is 0. The van der Waals surface area contributed by atoms with Crippen molar-refractivity contribution >= 4 is 11.8 Å². The number of likely N-dealkylation sites (N-methyl/N-ethyl adjacent to an activating group) is 1. The lowest BCUT2D eigenvalue weighted by Gasteiger charge is -2.50. The average molecular weight is 270 g/mol. The summed E-state index contributed by atoms with van der Waals surface area (Å²) in [6.45, 7) is 6.86. The molecule has 0 amide bonds. The fourth-order valence-corrected chi connectivity index (χ4v) is 5.39. The van der Waals surface area contributed by atoms with Crippen LogP contribution in [-0.4, -0.2) is 42.1 Å². The zero-order valence-electron chi connectivity index (χ0n) is 12.4. The van der Waals surface area contributed by atoms with Gasteiger partial charge in [0.25, 0.3) is 0 Å². The van der Waals surface area contributed by atoms with E-state index >= 15 is 0 Å². The van der Waals surface area contributed by atoms with E-state index in [2.05, 4.69) is 37.6 Å². The lowest BCUT2D eigenvalue weighted by atomic mass is 9.78. The van der Waals surface area contributed by atoms with E-state index in [9.17, 15) is 0 Å². The molecule has 2 N–H and O–H groups in total. The molecule has 1 atom stereocenters. The first-order chi connectivity index (χ1) is 8.47. The Morgan fingerprint density at radius 2 is 1.89 bits per heavy atom. The molecule has 0 radical (unpaired) electrons. The molecule has 1 saturated heterocycles. The van der Waals surface area contributed by atoms with Gasteiger partial charge in [0, 0.05) is 24.4 Å². The third kappa shape index (κ3) is 3.23. The van der Waals surface area contributed by atoms with Gasteiger partial charge in [-0.3, -0.25) is 4.90 Å². The van der Waals surface area contributed by atoms with Gasteiger partial charge < -0.3 is 5.73 Å². The van der Waals surface area contributed by atoms with Gasteiger partial charge in [-0.2, -0.15) is 11.8 Å². The van der Waals surface area contributed by atoms with Crippen molar-refractivity contribution in [2.24, 2.45) is 17.1 Å². The van der Waals surface area contributed by atoms with Crippen LogP contribution in [0, 0.1) is 11.3 Å². The molecule has 0 aromatic rings. The molecule has 2 nitrogen and oxygen atoms in total. The molecule has 106 valence electrons. The van der Waals surface area contributed by atoms with E-state index in [0.29, 0.717) is 5.41 Å². The third-order valence-electron chi connectivity index (χ3n) is 4.87. The summed E-state index contributed by atoms with van der Waals surface area (Å²) in [6.07, 6.45) is 7.00. The van der Waals surface area contributed by atoms with Gasteiger partial charge in [0.05, 0.1) is 0 Å². The lowest BCUT2D eigenvalue weighted by molar-refractivity contribution is 0.0792. The monoisotopic (exact) mass is 270 g/mol. The Kier molecular flexibility index (Phi) is 4.66. The largest absolute Gasteiger partial charge is 0.329 e. The SMILES string of the molecule is CN(CC1CCCC1)C1(CN)CSCC(C)(C)C1. The maximum atomic E-state index is 6.18. The van der Waals surface area contributed by atoms with Crippen LogP contribution in [0.3, 0.4) is 0 Å². The molecule has 2 fully saturated rings. The second-order valence-electron chi connectivity index (χ2n) is 7.29. The van der Waals surface area contributed by atoms with Gasteiger partial charge >= 0.3 is 0 Å². The second kappa shape index (κ2) is 5.72. The fraction of sp³-hybridized carbons (Fsp3) is 1.00. The molecule has 2 aliphatic rings. The van der Waals surface area contributed by atoms with Crippen LogP contribution >= 0.6 is 11.8 Å². The summed E-state index contributed by atoms with van der Waals surface area (Å²) in [5, 5.41) is 0. The average Bonchev–Trinajstić information content (AvgIpc) is 2.80. The number of nitrogens with zero attached hydrogens (tertiary/aromatic N) is 1. The van der Waals surface area contributed by atoms with Crippen LogP contribution in [0.2, 0.25) is 0 Å². The highest BCUT2D eigenvalue weighted by atomic mass is 32.2. The number of hydrogen-bond acceptors (Lipinski definition) is 3. The molecule has 3 heteroatoms. The molecule has 18 heavy (non-hydrogen) atoms. The van der Waals surface area contributed by atoms with E-state index in [1.807, 2.05) is 0 Å². The molecule has 1 aliphatic carbocycles. The Hall–Kier alpha value is 0.270. The molecule has 1 aliphatic heterocycles. The van der Waals surface area contributed by atoms with Crippen molar-refractivity contribution in [2.75, 3.05) is 31.6 Å². The fourth-order valence-electron chi connectivity index (χ4n) is 3.82. The molecule has 1 heterocycles. The van der Waals surface area contributed by atoms with Gasteiger partial charge in [-0.15, -0.1) is 0 Å². The zero-order valence-corrected chi connectivity index (χ0v) is 13.2. The topological polar surface area (TPSA) is 29.3 Å². The normalized spacial score (nSPS) is 33.2. The van der Waals surface area contributed by atoms with Crippen LogP contribution in [0.25, 0.3) is 0 Å². The number of thioether (sulfide) groups is 1. The van der Waals surface area contributed by atoms with Crippen molar-refractivity contribution in [1.82, 2.24) is 4.90 Å². The summed E-state index contributed by atoms with van der Waals surface area (Å²) in [6, 6.07) is 0. The Bertz CT molecular complexity index is 274. The van der Waals surface area contributed by atoms with Gasteiger partial charge in [0.1, 0.15) is 0 Å². The van der Waals surface area contributed by atoms with E-state index in [1.165, 1.54) is 50.2 Å². The lowest BCUT2D eigenvalue weighted by Crippen LogP contribution is -2.59. The molecular weight excluding hydrogens is 240 g/mol. The molecule has 1 saturated carbocycles. The summed E-state index contributed by atoms with van der Waals surface area (Å²) >= 11 is 2.10. The highest BCUT2D eigenvalue weighted by molar-refractivity contribution is 7.99. The van der Waals surface area contributed by atoms with E-state index in [-0.39, 0.29) is 5.54 Å². The van der Waals surface area contributed by atoms with Crippen molar-refractivity contribution in [3.63, 3.8) is 0 Å². The van der Waals surface area contributed by atoms with Crippen LogP contribution in [0.1, 0.15) is 46.0 Å². The van der Waals surface area contributed by atoms with Gasteiger partial charge in [-0.05, 0) is 43.4 Å². The van der Waals surface area contributed by atoms with Crippen LogP contribution in [0.15, 0.2) is 0 Å². The first kappa shape index (κ1) is 14.7. The van der Waals surface area contributed by atoms with Crippen molar-refractivity contribution in [2.45, 2.75) is 51.5 Å². The molecule has 1 unspecified atom stereocenters. The maximum Gasteiger partial charge on any atom is 0.0424 e. The van der Waals surface area contributed by atoms with Crippen molar-refractivity contribution in [3.8, 4) is 0 Å². The molecular formula is C15H30N2S. The van der Waals surface area contributed by atoms with Gasteiger partial charge in [-0.1, -0.05) is 26.7 Å². The first-order valence-electron chi connectivity index (χ1n) is 7.47. The van der Waals surface area contributed by atoms with Gasteiger partial charge in [0.15, 0.2) is 0 Å². The van der Waals surface area contributed by atoms with Crippen molar-refractivity contribution in [1.29, 1.82) is 0 Å². The Labute approximate surface area is 117 Å². The maximum absolute atomic E-state index is 6.18. The van der Waals surface area contributed by atoms with E-state index < -0.39 is 0 Å². The first-order valence-corrected chi connectivity index (χ1v) is 8.62. The van der Waals surface area contributed by atoms with Crippen LogP contribution < -0.4 is 5.73 Å². The zero-order chi connectivity index (χ0) is 13.2. The minimum atomic E-state index is 0.245. The van der Waals surface area contributed by atoms with Crippen LogP contribution in [0.5, 0.6) is 0 Å². The van der Waals surface area contributed by atoms with Crippen LogP contribution in [-0.2, 0) is 0 Å². The van der Waals surface area contributed by atoms with Crippen molar-refractivity contribution in [3.05, 3.63) is 0 Å². The van der Waals surface area contributed by atoms with E-state index in [4.69, 9.17) is 5.73 Å². The molecule has 0 bridgehead atoms. The van der Waals surface area contributed by atoms with Gasteiger partial charge in [-0.25, -0.2) is 0 Å². The quantitative estimate of drug-likeness (QED) is 0.851. The predicted octanol–water partition coefficient (Wildman–Crippen LogP) is 2.97. The molecule has 2 rings (SSSR count). The molecule has 0 aromatic carbocycles. The summed E-state index contributed by atoms with van der Waals surface area (Å²) in [7, 11) is 2.31. The van der Waals surface area contributed by atoms with E-state index in [0.717, 1.165) is 12.5 Å². The second-order valence-corrected chi connectivity index (χ2v) is 8.28. The van der Waals surface area contributed by atoms with Gasteiger partial charge in [0.2, 0.25) is 0 Å². The third-order valence-corrected chi connectivity index (χ3v) is 6.59. The summed E-state index contributed by atoms with van der Waals surface area (Å²) in [5.41, 5.74) is 6.86. The number of rotatable bonds is 4. The highest BCUT2D eigenvalue weighted by Crippen LogP contribution is 2.42. The minimum Gasteiger partial charge on any atom is -0.329 e. The predicted molar refractivity (Wildman–Crippen MR) is 82.1 cm³/mol. The smallest absolute Gasteiger partial charge is 0.0424 e. The number of hydrogen-bond donors (Lipinski definition) is 1. The highest BCUT2D eigenvalue weighted by Gasteiger charge is 2.42. The standard InChI is InChI=1S/C15H30N2S/c1-14(2)9-15(10-16,12-18-11-14)17(3)8-13-6-4-5-7-13/h13H,4-12,16H2,1-3H3. The minimum absolute atomic E-state index is 0.245. The number of nitrogens with two attached hydrogens (primary N) is 1. The van der Waals surface area contributed by atoms with Crippen LogP contribution in [0.4, 0.5) is 0 Å². The molecule has 0 spiro atoms. The Balaban J connectivity index is 2.01. The Morgan fingerprint density at radius 1 is 1.22 bits per heavy atom. The van der Waals surface area contributed by atoms with E-state index in [1.54, 1.807) is 0 Å². The Morgan fingerprint density at radius 3 is 2.44 bits per heavy atom. The molecule has 0 aromatic heterocycles. The summed E-state index contributed by atoms with van der Waals surface area (Å²) in [5.74, 6) is 3.43. The summed E-state index contributed by atoms with van der Waals surface area (Å²) in [4.78, 5) is 2.61.